The lowest BCUT2D eigenvalue weighted by Crippen LogP contribution is -2.15. The second kappa shape index (κ2) is 6.03. The summed E-state index contributed by atoms with van der Waals surface area (Å²) >= 11 is 0. The first-order chi connectivity index (χ1) is 11.0. The van der Waals surface area contributed by atoms with E-state index in [1.165, 1.54) is 12.8 Å². The highest BCUT2D eigenvalue weighted by Crippen LogP contribution is 2.38. The zero-order chi connectivity index (χ0) is 16.6. The van der Waals surface area contributed by atoms with Gasteiger partial charge in [0.2, 0.25) is 5.78 Å². The third-order valence-corrected chi connectivity index (χ3v) is 4.28. The summed E-state index contributed by atoms with van der Waals surface area (Å²) in [6.45, 7) is 5.66. The van der Waals surface area contributed by atoms with Crippen LogP contribution in [0.1, 0.15) is 56.6 Å². The van der Waals surface area contributed by atoms with E-state index in [-0.39, 0.29) is 12.4 Å². The van der Waals surface area contributed by atoms with E-state index in [9.17, 15) is 9.59 Å². The molecular formula is C19H21NO3. The van der Waals surface area contributed by atoms with Gasteiger partial charge in [-0.05, 0) is 51.8 Å². The molecule has 1 aliphatic carbocycles. The Balaban J connectivity index is 1.68. The summed E-state index contributed by atoms with van der Waals surface area (Å²) in [6, 6.07) is 9.60. The second-order valence-corrected chi connectivity index (χ2v) is 6.25. The van der Waals surface area contributed by atoms with Crippen LogP contribution in [0.3, 0.4) is 0 Å². The van der Waals surface area contributed by atoms with Crippen LogP contribution >= 0.6 is 0 Å². The van der Waals surface area contributed by atoms with Gasteiger partial charge in [-0.3, -0.25) is 4.79 Å². The number of aryl methyl sites for hydroxylation is 2. The quantitative estimate of drug-likeness (QED) is 0.623. The molecule has 4 nitrogen and oxygen atoms in total. The van der Waals surface area contributed by atoms with Gasteiger partial charge in [0, 0.05) is 23.0 Å². The molecule has 0 aliphatic heterocycles. The molecule has 1 fully saturated rings. The lowest BCUT2D eigenvalue weighted by molar-refractivity contribution is 0.0474. The van der Waals surface area contributed by atoms with Crippen molar-refractivity contribution in [2.45, 2.75) is 39.7 Å². The molecule has 0 saturated heterocycles. The van der Waals surface area contributed by atoms with Crippen molar-refractivity contribution in [2.24, 2.45) is 0 Å². The van der Waals surface area contributed by atoms with E-state index in [4.69, 9.17) is 4.74 Å². The summed E-state index contributed by atoms with van der Waals surface area (Å²) in [4.78, 5) is 24.4. The van der Waals surface area contributed by atoms with Crippen molar-refractivity contribution < 1.29 is 14.3 Å². The van der Waals surface area contributed by atoms with Crippen LogP contribution in [0.4, 0.5) is 0 Å². The molecule has 0 unspecified atom stereocenters. The van der Waals surface area contributed by atoms with Crippen LogP contribution in [0.2, 0.25) is 0 Å². The third-order valence-electron chi connectivity index (χ3n) is 4.28. The van der Waals surface area contributed by atoms with Gasteiger partial charge in [0.1, 0.15) is 0 Å². The average molecular weight is 311 g/mol. The van der Waals surface area contributed by atoms with Crippen molar-refractivity contribution >= 4 is 11.8 Å². The molecular weight excluding hydrogens is 290 g/mol. The van der Waals surface area contributed by atoms with Gasteiger partial charge in [-0.1, -0.05) is 17.7 Å². The van der Waals surface area contributed by atoms with Crippen LogP contribution in [0.25, 0.3) is 0 Å². The maximum atomic E-state index is 12.4. The number of benzene rings is 1. The summed E-state index contributed by atoms with van der Waals surface area (Å²) < 4.78 is 7.40. The highest BCUT2D eigenvalue weighted by atomic mass is 16.5. The molecule has 0 amide bonds. The predicted octanol–water partition coefficient (Wildman–Crippen LogP) is 3.79. The molecule has 4 heteroatoms. The molecule has 1 aromatic heterocycles. The number of Topliss-reactive ketones (excluding diaryl/α,β-unsaturated/α-hetero) is 1. The van der Waals surface area contributed by atoms with E-state index in [1.807, 2.05) is 32.9 Å². The molecule has 1 aliphatic rings. The monoisotopic (exact) mass is 311 g/mol. The summed E-state index contributed by atoms with van der Waals surface area (Å²) in [6.07, 6.45) is 2.35. The third kappa shape index (κ3) is 3.21. The fraction of sp³-hybridized carbons (Fsp3) is 0.368. The minimum absolute atomic E-state index is 0.147. The standard InChI is InChI=1S/C19H21NO3/c1-12-5-4-6-15(9-12)19(22)23-11-18(21)17-10-13(2)20(14(17)3)16-7-8-16/h4-6,9-10,16H,7-8,11H2,1-3H3. The Morgan fingerprint density at radius 2 is 1.91 bits per heavy atom. The fourth-order valence-corrected chi connectivity index (χ4v) is 3.02. The maximum Gasteiger partial charge on any atom is 0.338 e. The SMILES string of the molecule is Cc1cccc(C(=O)OCC(=O)c2cc(C)n(C3CC3)c2C)c1. The Bertz CT molecular complexity index is 769. The average Bonchev–Trinajstić information content (AvgIpc) is 3.30. The summed E-state index contributed by atoms with van der Waals surface area (Å²) in [5.41, 5.74) is 4.19. The first-order valence-corrected chi connectivity index (χ1v) is 7.93. The van der Waals surface area contributed by atoms with E-state index in [2.05, 4.69) is 4.57 Å². The van der Waals surface area contributed by atoms with E-state index in [1.54, 1.807) is 18.2 Å². The van der Waals surface area contributed by atoms with Gasteiger partial charge < -0.3 is 9.30 Å². The molecule has 0 atom stereocenters. The summed E-state index contributed by atoms with van der Waals surface area (Å²) in [5.74, 6) is -0.607. The van der Waals surface area contributed by atoms with E-state index < -0.39 is 5.97 Å². The molecule has 1 saturated carbocycles. The molecule has 1 aromatic carbocycles. The van der Waals surface area contributed by atoms with E-state index >= 15 is 0 Å². The van der Waals surface area contributed by atoms with Gasteiger partial charge in [0.05, 0.1) is 5.56 Å². The molecule has 0 spiro atoms. The number of esters is 1. The van der Waals surface area contributed by atoms with Gasteiger partial charge in [0.25, 0.3) is 0 Å². The Morgan fingerprint density at radius 1 is 1.17 bits per heavy atom. The molecule has 3 rings (SSSR count). The van der Waals surface area contributed by atoms with E-state index in [0.29, 0.717) is 17.2 Å². The highest BCUT2D eigenvalue weighted by molar-refractivity contribution is 6.00. The molecule has 120 valence electrons. The topological polar surface area (TPSA) is 48.3 Å². The molecule has 23 heavy (non-hydrogen) atoms. The van der Waals surface area contributed by atoms with Crippen molar-refractivity contribution in [3.8, 4) is 0 Å². The van der Waals surface area contributed by atoms with Crippen molar-refractivity contribution in [3.63, 3.8) is 0 Å². The Kier molecular flexibility index (Phi) is 4.07. The minimum Gasteiger partial charge on any atom is -0.454 e. The van der Waals surface area contributed by atoms with Crippen LogP contribution in [0.5, 0.6) is 0 Å². The Morgan fingerprint density at radius 3 is 2.57 bits per heavy atom. The molecule has 0 radical (unpaired) electrons. The molecule has 2 aromatic rings. The van der Waals surface area contributed by atoms with Gasteiger partial charge in [-0.2, -0.15) is 0 Å². The number of ether oxygens (including phenoxy) is 1. The van der Waals surface area contributed by atoms with Crippen LogP contribution < -0.4 is 0 Å². The van der Waals surface area contributed by atoms with Crippen LogP contribution in [-0.4, -0.2) is 22.9 Å². The van der Waals surface area contributed by atoms with E-state index in [0.717, 1.165) is 17.0 Å². The summed E-state index contributed by atoms with van der Waals surface area (Å²) in [5, 5.41) is 0. The summed E-state index contributed by atoms with van der Waals surface area (Å²) in [7, 11) is 0. The van der Waals surface area contributed by atoms with Crippen molar-refractivity contribution in [1.82, 2.24) is 4.57 Å². The number of aromatic nitrogens is 1. The zero-order valence-corrected chi connectivity index (χ0v) is 13.8. The predicted molar refractivity (Wildman–Crippen MR) is 88.0 cm³/mol. The first-order valence-electron chi connectivity index (χ1n) is 7.93. The van der Waals surface area contributed by atoms with Crippen molar-refractivity contribution in [1.29, 1.82) is 0 Å². The molecule has 0 N–H and O–H groups in total. The smallest absolute Gasteiger partial charge is 0.338 e. The van der Waals surface area contributed by atoms with Gasteiger partial charge in [-0.25, -0.2) is 4.79 Å². The van der Waals surface area contributed by atoms with Crippen LogP contribution in [0.15, 0.2) is 30.3 Å². The lowest BCUT2D eigenvalue weighted by atomic mass is 10.1. The van der Waals surface area contributed by atoms with Crippen LogP contribution in [0, 0.1) is 20.8 Å². The van der Waals surface area contributed by atoms with Gasteiger partial charge in [0.15, 0.2) is 6.61 Å². The highest BCUT2D eigenvalue weighted by Gasteiger charge is 2.28. The number of nitrogens with zero attached hydrogens (tertiary/aromatic N) is 1. The van der Waals surface area contributed by atoms with Gasteiger partial charge in [-0.15, -0.1) is 0 Å². The van der Waals surface area contributed by atoms with Gasteiger partial charge >= 0.3 is 5.97 Å². The van der Waals surface area contributed by atoms with Crippen molar-refractivity contribution in [3.05, 3.63) is 58.4 Å². The second-order valence-electron chi connectivity index (χ2n) is 6.25. The van der Waals surface area contributed by atoms with Crippen LogP contribution in [-0.2, 0) is 4.74 Å². The molecule has 1 heterocycles. The number of carbonyl (C=O) groups is 2. The maximum absolute atomic E-state index is 12.4. The number of ketones is 1. The largest absolute Gasteiger partial charge is 0.454 e. The number of hydrogen-bond donors (Lipinski definition) is 0. The normalized spacial score (nSPS) is 13.9. The molecule has 0 bridgehead atoms. The Hall–Kier alpha value is -2.36. The zero-order valence-electron chi connectivity index (χ0n) is 13.8. The van der Waals surface area contributed by atoms with Crippen molar-refractivity contribution in [2.75, 3.05) is 6.61 Å². The number of rotatable bonds is 5. The Labute approximate surface area is 136 Å². The lowest BCUT2D eigenvalue weighted by Gasteiger charge is -2.08. The first kappa shape index (κ1) is 15.5. The number of hydrogen-bond acceptors (Lipinski definition) is 3. The fourth-order valence-electron chi connectivity index (χ4n) is 3.02. The number of carbonyl (C=O) groups excluding carboxylic acids is 2. The minimum atomic E-state index is -0.460.